The largest absolute Gasteiger partial charge is 0.355 e. The molecule has 4 heteroatoms. The molecule has 0 atom stereocenters. The molecule has 0 amide bonds. The Hall–Kier alpha value is -5.22. The molecule has 4 nitrogen and oxygen atoms in total. The summed E-state index contributed by atoms with van der Waals surface area (Å²) in [6.45, 7) is 4.11. The van der Waals surface area contributed by atoms with Crippen LogP contribution in [0.3, 0.4) is 0 Å². The third-order valence-electron chi connectivity index (χ3n) is 6.94. The molecule has 0 aliphatic carbocycles. The lowest BCUT2D eigenvalue weighted by Crippen LogP contribution is -1.89. The average Bonchev–Trinajstić information content (AvgIpc) is 3.77. The van der Waals surface area contributed by atoms with Gasteiger partial charge in [-0.3, -0.25) is 0 Å². The van der Waals surface area contributed by atoms with E-state index in [1.807, 2.05) is 18.2 Å². The Balaban J connectivity index is 1.63. The van der Waals surface area contributed by atoms with Gasteiger partial charge in [0.15, 0.2) is 0 Å². The van der Waals surface area contributed by atoms with Gasteiger partial charge in [0.25, 0.3) is 0 Å². The number of hydrogen-bond acceptors (Lipinski definition) is 2. The number of aromatic amines is 2. The summed E-state index contributed by atoms with van der Waals surface area (Å²) in [5, 5.41) is 0. The van der Waals surface area contributed by atoms with E-state index in [2.05, 4.69) is 120 Å². The van der Waals surface area contributed by atoms with Crippen molar-refractivity contribution in [3.8, 4) is 22.3 Å². The van der Waals surface area contributed by atoms with Crippen molar-refractivity contribution < 1.29 is 0 Å². The highest BCUT2D eigenvalue weighted by atomic mass is 14.8. The minimum atomic E-state index is 0.849. The van der Waals surface area contributed by atoms with E-state index in [0.717, 1.165) is 72.7 Å². The molecular weight excluding hydrogens is 464 g/mol. The fourth-order valence-corrected chi connectivity index (χ4v) is 5.19. The van der Waals surface area contributed by atoms with E-state index in [0.29, 0.717) is 0 Å². The van der Waals surface area contributed by atoms with Gasteiger partial charge in [-0.2, -0.15) is 0 Å². The van der Waals surface area contributed by atoms with Crippen LogP contribution in [0.5, 0.6) is 0 Å². The van der Waals surface area contributed by atoms with Crippen molar-refractivity contribution in [1.29, 1.82) is 0 Å². The summed E-state index contributed by atoms with van der Waals surface area (Å²) in [6.07, 6.45) is 10.1. The van der Waals surface area contributed by atoms with Crippen LogP contribution >= 0.6 is 0 Å². The van der Waals surface area contributed by atoms with Gasteiger partial charge in [0.2, 0.25) is 0 Å². The van der Waals surface area contributed by atoms with Crippen LogP contribution in [0.2, 0.25) is 0 Å². The van der Waals surface area contributed by atoms with Gasteiger partial charge >= 0.3 is 0 Å². The number of benzene rings is 2. The number of rotatable bonds is 3. The average molecular weight is 489 g/mol. The van der Waals surface area contributed by atoms with Crippen molar-refractivity contribution >= 4 is 52.4 Å². The molecule has 0 radical (unpaired) electrons. The van der Waals surface area contributed by atoms with Crippen LogP contribution in [0.15, 0.2) is 97.6 Å². The van der Waals surface area contributed by atoms with Gasteiger partial charge in [-0.05, 0) is 65.8 Å². The highest BCUT2D eigenvalue weighted by Crippen LogP contribution is 2.33. The molecule has 5 aromatic rings. The summed E-state index contributed by atoms with van der Waals surface area (Å²) in [6, 6.07) is 31.3. The van der Waals surface area contributed by atoms with Crippen LogP contribution in [0, 0.1) is 0 Å². The molecule has 0 spiro atoms. The molecule has 180 valence electrons. The van der Waals surface area contributed by atoms with Gasteiger partial charge in [-0.1, -0.05) is 73.3 Å². The maximum atomic E-state index is 5.08. The number of aromatic nitrogens is 4. The quantitative estimate of drug-likeness (QED) is 0.261. The molecule has 3 aromatic heterocycles. The molecule has 2 N–H and O–H groups in total. The minimum absolute atomic E-state index is 0.849. The van der Waals surface area contributed by atoms with E-state index in [1.54, 1.807) is 0 Å². The van der Waals surface area contributed by atoms with Crippen LogP contribution in [-0.2, 0) is 0 Å². The molecule has 0 saturated heterocycles. The van der Waals surface area contributed by atoms with Crippen LogP contribution in [-0.4, -0.2) is 19.9 Å². The van der Waals surface area contributed by atoms with Crippen molar-refractivity contribution in [1.82, 2.24) is 19.9 Å². The topological polar surface area (TPSA) is 57.4 Å². The number of nitrogens with zero attached hydrogens (tertiary/aromatic N) is 2. The lowest BCUT2D eigenvalue weighted by Gasteiger charge is -2.04. The minimum Gasteiger partial charge on any atom is -0.355 e. The lowest BCUT2D eigenvalue weighted by molar-refractivity contribution is 1.26. The van der Waals surface area contributed by atoms with Gasteiger partial charge in [-0.25, -0.2) is 9.97 Å². The van der Waals surface area contributed by atoms with Gasteiger partial charge in [-0.15, -0.1) is 0 Å². The van der Waals surface area contributed by atoms with E-state index in [-0.39, 0.29) is 0 Å². The second-order valence-corrected chi connectivity index (χ2v) is 9.33. The van der Waals surface area contributed by atoms with Gasteiger partial charge in [0, 0.05) is 38.8 Å². The molecule has 0 saturated carbocycles. The first-order valence-corrected chi connectivity index (χ1v) is 12.6. The molecule has 2 aliphatic heterocycles. The van der Waals surface area contributed by atoms with Crippen LogP contribution in [0.4, 0.5) is 0 Å². The molecule has 0 fully saturated rings. The molecule has 7 rings (SSSR count). The molecule has 5 heterocycles. The highest BCUT2D eigenvalue weighted by molar-refractivity contribution is 5.94. The maximum Gasteiger partial charge on any atom is 0.0737 e. The predicted molar refractivity (Wildman–Crippen MR) is 160 cm³/mol. The summed E-state index contributed by atoms with van der Waals surface area (Å²) in [5.41, 5.74) is 12.7. The van der Waals surface area contributed by atoms with Gasteiger partial charge in [0.05, 0.1) is 22.8 Å². The molecule has 0 unspecified atom stereocenters. The standard InChI is InChI=1S/C34H24N4/c1-2-26-27-17-19-31(37-27)33(22-9-5-3-6-10-22)29-15-13-24(35-29)21-25-14-16-30(36-25)34(23-11-7-4-8-12-23)32-20-18-28(26)38-32/h2-21,35-36H,1H2. The van der Waals surface area contributed by atoms with Crippen LogP contribution in [0.25, 0.3) is 74.7 Å². The summed E-state index contributed by atoms with van der Waals surface area (Å²) in [7, 11) is 0. The number of hydrogen-bond donors (Lipinski definition) is 2. The number of fused-ring (bicyclic) bond motifs is 8. The fourth-order valence-electron chi connectivity index (χ4n) is 5.19. The zero-order valence-corrected chi connectivity index (χ0v) is 20.6. The Morgan fingerprint density at radius 3 is 1.42 bits per heavy atom. The van der Waals surface area contributed by atoms with Gasteiger partial charge < -0.3 is 9.97 Å². The maximum absolute atomic E-state index is 5.08. The Bertz CT molecular complexity index is 1790. The van der Waals surface area contributed by atoms with E-state index >= 15 is 0 Å². The second-order valence-electron chi connectivity index (χ2n) is 9.33. The highest BCUT2D eigenvalue weighted by Gasteiger charge is 2.16. The van der Waals surface area contributed by atoms with Crippen molar-refractivity contribution in [2.75, 3.05) is 0 Å². The van der Waals surface area contributed by atoms with Crippen molar-refractivity contribution in [2.24, 2.45) is 0 Å². The molecular formula is C34H24N4. The second kappa shape index (κ2) is 9.02. The zero-order valence-electron chi connectivity index (χ0n) is 20.6. The molecule has 2 aromatic carbocycles. The summed E-state index contributed by atoms with van der Waals surface area (Å²) >= 11 is 0. The molecule has 38 heavy (non-hydrogen) atoms. The van der Waals surface area contributed by atoms with Crippen molar-refractivity contribution in [2.45, 2.75) is 0 Å². The smallest absolute Gasteiger partial charge is 0.0737 e. The Morgan fingerprint density at radius 1 is 0.526 bits per heavy atom. The van der Waals surface area contributed by atoms with E-state index < -0.39 is 0 Å². The predicted octanol–water partition coefficient (Wildman–Crippen LogP) is 8.63. The Labute approximate surface area is 220 Å². The molecule has 2 aliphatic rings. The number of nitrogens with one attached hydrogen (secondary N) is 2. The molecule has 8 bridgehead atoms. The van der Waals surface area contributed by atoms with E-state index in [4.69, 9.17) is 9.97 Å². The Kier molecular flexibility index (Phi) is 5.22. The van der Waals surface area contributed by atoms with E-state index in [1.165, 1.54) is 0 Å². The normalized spacial score (nSPS) is 12.1. The third kappa shape index (κ3) is 3.80. The Morgan fingerprint density at radius 2 is 0.974 bits per heavy atom. The van der Waals surface area contributed by atoms with Crippen LogP contribution < -0.4 is 0 Å². The van der Waals surface area contributed by atoms with Gasteiger partial charge in [0.1, 0.15) is 0 Å². The first-order chi connectivity index (χ1) is 18.8. The van der Waals surface area contributed by atoms with E-state index in [9.17, 15) is 0 Å². The monoisotopic (exact) mass is 488 g/mol. The third-order valence-corrected chi connectivity index (χ3v) is 6.94. The lowest BCUT2D eigenvalue weighted by atomic mass is 10.0. The summed E-state index contributed by atoms with van der Waals surface area (Å²) in [4.78, 5) is 17.4. The first kappa shape index (κ1) is 22.0. The number of H-pyrrole nitrogens is 2. The van der Waals surface area contributed by atoms with Crippen molar-refractivity contribution in [3.05, 3.63) is 126 Å². The fraction of sp³-hybridized carbons (Fsp3) is 0. The zero-order chi connectivity index (χ0) is 25.5. The van der Waals surface area contributed by atoms with Crippen molar-refractivity contribution in [3.63, 3.8) is 0 Å². The summed E-state index contributed by atoms with van der Waals surface area (Å²) < 4.78 is 0. The van der Waals surface area contributed by atoms with Crippen LogP contribution in [0.1, 0.15) is 28.3 Å². The summed E-state index contributed by atoms with van der Waals surface area (Å²) in [5.74, 6) is 0. The first-order valence-electron chi connectivity index (χ1n) is 12.6. The SMILES string of the molecule is C=Cc1c2nc(c(-c3ccccc3)c3ccc(cc4ccc([nH]4)c(-c4ccccc4)c4nc1C=C4)[nH]3)C=C2.